The molecular weight excluding hydrogens is 228 g/mol. The third-order valence-corrected chi connectivity index (χ3v) is 4.58. The zero-order valence-electron chi connectivity index (χ0n) is 11.3. The van der Waals surface area contributed by atoms with Gasteiger partial charge in [-0.15, -0.1) is 0 Å². The minimum atomic E-state index is -0.973. The monoisotopic (exact) mass is 250 g/mol. The van der Waals surface area contributed by atoms with E-state index >= 15 is 0 Å². The Morgan fingerprint density at radius 1 is 1.50 bits per heavy atom. The van der Waals surface area contributed by atoms with Crippen molar-refractivity contribution in [2.24, 2.45) is 17.8 Å². The summed E-state index contributed by atoms with van der Waals surface area (Å²) in [5.41, 5.74) is 0.600. The molecule has 0 saturated heterocycles. The van der Waals surface area contributed by atoms with Crippen LogP contribution in [0.1, 0.15) is 40.0 Å². The van der Waals surface area contributed by atoms with Crippen molar-refractivity contribution in [2.75, 3.05) is 0 Å². The van der Waals surface area contributed by atoms with E-state index in [0.29, 0.717) is 17.9 Å². The predicted octanol–water partition coefficient (Wildman–Crippen LogP) is 2.76. The van der Waals surface area contributed by atoms with Gasteiger partial charge < -0.3 is 10.2 Å². The molecule has 100 valence electrons. The summed E-state index contributed by atoms with van der Waals surface area (Å²) in [6, 6.07) is 0. The van der Waals surface area contributed by atoms with Crippen molar-refractivity contribution in [3.05, 3.63) is 23.3 Å². The van der Waals surface area contributed by atoms with Gasteiger partial charge in [0.15, 0.2) is 0 Å². The summed E-state index contributed by atoms with van der Waals surface area (Å²) in [4.78, 5) is 11.1. The molecule has 0 bridgehead atoms. The number of hydrogen-bond acceptors (Lipinski definition) is 2. The molecule has 2 aliphatic carbocycles. The predicted molar refractivity (Wildman–Crippen MR) is 70.1 cm³/mol. The van der Waals surface area contributed by atoms with Crippen LogP contribution in [0.5, 0.6) is 0 Å². The lowest BCUT2D eigenvalue weighted by atomic mass is 9.61. The van der Waals surface area contributed by atoms with E-state index in [1.807, 2.05) is 6.92 Å². The third-order valence-electron chi connectivity index (χ3n) is 4.58. The maximum Gasteiger partial charge on any atom is 0.331 e. The first-order chi connectivity index (χ1) is 8.36. The van der Waals surface area contributed by atoms with Crippen molar-refractivity contribution in [1.29, 1.82) is 0 Å². The topological polar surface area (TPSA) is 57.5 Å². The Morgan fingerprint density at radius 3 is 2.72 bits per heavy atom. The van der Waals surface area contributed by atoms with Crippen molar-refractivity contribution in [3.8, 4) is 0 Å². The Hall–Kier alpha value is -1.09. The number of carbonyl (C=O) groups is 1. The quantitative estimate of drug-likeness (QED) is 0.741. The molecule has 18 heavy (non-hydrogen) atoms. The molecule has 0 heterocycles. The maximum absolute atomic E-state index is 11.1. The number of aliphatic carboxylic acids is 1. The number of aliphatic hydroxyl groups is 1. The van der Waals surface area contributed by atoms with Crippen molar-refractivity contribution < 1.29 is 15.0 Å². The smallest absolute Gasteiger partial charge is 0.331 e. The molecule has 0 radical (unpaired) electrons. The van der Waals surface area contributed by atoms with Crippen LogP contribution in [-0.4, -0.2) is 21.8 Å². The van der Waals surface area contributed by atoms with Gasteiger partial charge in [0.25, 0.3) is 0 Å². The highest BCUT2D eigenvalue weighted by molar-refractivity contribution is 5.87. The summed E-state index contributed by atoms with van der Waals surface area (Å²) in [5, 5.41) is 20.2. The molecule has 0 aromatic rings. The Labute approximate surface area is 108 Å². The molecule has 0 amide bonds. The summed E-state index contributed by atoms with van der Waals surface area (Å²) >= 11 is 0. The average molecular weight is 250 g/mol. The first kappa shape index (κ1) is 13.3. The van der Waals surface area contributed by atoms with Crippen LogP contribution in [0, 0.1) is 17.8 Å². The fourth-order valence-corrected chi connectivity index (χ4v) is 3.56. The molecule has 0 unspecified atom stereocenters. The van der Waals surface area contributed by atoms with E-state index < -0.39 is 11.6 Å². The van der Waals surface area contributed by atoms with E-state index in [2.05, 4.69) is 19.9 Å². The van der Waals surface area contributed by atoms with Crippen molar-refractivity contribution in [3.63, 3.8) is 0 Å². The molecule has 2 aliphatic rings. The molecule has 0 aromatic carbocycles. The van der Waals surface area contributed by atoms with Crippen LogP contribution in [0.15, 0.2) is 23.3 Å². The molecule has 3 atom stereocenters. The van der Waals surface area contributed by atoms with Gasteiger partial charge in [-0.1, -0.05) is 25.5 Å². The van der Waals surface area contributed by atoms with Gasteiger partial charge >= 0.3 is 5.97 Å². The molecule has 2 N–H and O–H groups in total. The van der Waals surface area contributed by atoms with Gasteiger partial charge in [-0.25, -0.2) is 4.79 Å². The second-order valence-corrected chi connectivity index (χ2v) is 5.99. The Morgan fingerprint density at radius 2 is 2.17 bits per heavy atom. The lowest BCUT2D eigenvalue weighted by Crippen LogP contribution is -2.50. The Bertz CT molecular complexity index is 419. The minimum Gasteiger partial charge on any atom is -0.478 e. The summed E-state index contributed by atoms with van der Waals surface area (Å²) in [6.07, 6.45) is 5.96. The number of rotatable bonds is 2. The fraction of sp³-hybridized carbons (Fsp3) is 0.667. The highest BCUT2D eigenvalue weighted by Gasteiger charge is 2.48. The molecular formula is C15H22O3. The van der Waals surface area contributed by atoms with Gasteiger partial charge in [-0.05, 0) is 44.1 Å². The van der Waals surface area contributed by atoms with Crippen LogP contribution >= 0.6 is 0 Å². The fourth-order valence-electron chi connectivity index (χ4n) is 3.56. The second kappa shape index (κ2) is 4.54. The van der Waals surface area contributed by atoms with E-state index in [-0.39, 0.29) is 11.8 Å². The van der Waals surface area contributed by atoms with Gasteiger partial charge in [0, 0.05) is 11.5 Å². The second-order valence-electron chi connectivity index (χ2n) is 5.99. The normalized spacial score (nSPS) is 35.8. The van der Waals surface area contributed by atoms with E-state index in [0.717, 1.165) is 12.8 Å². The van der Waals surface area contributed by atoms with Crippen molar-refractivity contribution in [1.82, 2.24) is 0 Å². The maximum atomic E-state index is 11.1. The summed E-state index contributed by atoms with van der Waals surface area (Å²) in [5.74, 6) is -0.356. The van der Waals surface area contributed by atoms with Crippen molar-refractivity contribution in [2.45, 2.75) is 45.6 Å². The number of allylic oxidation sites excluding steroid dienone is 1. The van der Waals surface area contributed by atoms with E-state index in [1.165, 1.54) is 5.57 Å². The first-order valence-electron chi connectivity index (χ1n) is 6.70. The van der Waals surface area contributed by atoms with Crippen molar-refractivity contribution >= 4 is 5.97 Å². The van der Waals surface area contributed by atoms with E-state index in [9.17, 15) is 9.90 Å². The third kappa shape index (κ3) is 2.01. The Kier molecular flexibility index (Phi) is 3.37. The lowest BCUT2D eigenvalue weighted by Gasteiger charge is -2.48. The first-order valence-corrected chi connectivity index (χ1v) is 6.70. The summed E-state index contributed by atoms with van der Waals surface area (Å²) < 4.78 is 0. The number of carboxylic acids is 1. The van der Waals surface area contributed by atoms with Crippen LogP contribution < -0.4 is 0 Å². The molecule has 0 aromatic heterocycles. The molecule has 2 rings (SSSR count). The molecule has 0 fully saturated rings. The number of carboxylic acid groups (broad SMARTS) is 1. The van der Waals surface area contributed by atoms with Gasteiger partial charge in [0.05, 0.1) is 5.60 Å². The number of hydrogen-bond donors (Lipinski definition) is 2. The zero-order valence-corrected chi connectivity index (χ0v) is 11.3. The summed E-state index contributed by atoms with van der Waals surface area (Å²) in [6.45, 7) is 6.24. The van der Waals surface area contributed by atoms with E-state index in [4.69, 9.17) is 5.11 Å². The standard InChI is InChI=1S/C15H22O3/c1-9(2)12-6-4-10(3)13-7-5-11(14(16)17)8-15(12,13)18/h4,8-9,12-13,18H,5-7H2,1-3H3,(H,16,17)/t12-,13-,15-/m0/s1. The van der Waals surface area contributed by atoms with Gasteiger partial charge in [-0.3, -0.25) is 0 Å². The largest absolute Gasteiger partial charge is 0.478 e. The zero-order chi connectivity index (χ0) is 13.5. The highest BCUT2D eigenvalue weighted by Crippen LogP contribution is 2.48. The lowest BCUT2D eigenvalue weighted by molar-refractivity contribution is -0.133. The molecule has 0 saturated carbocycles. The van der Waals surface area contributed by atoms with E-state index in [1.54, 1.807) is 6.08 Å². The molecule has 0 spiro atoms. The molecule has 0 aliphatic heterocycles. The van der Waals surface area contributed by atoms with Gasteiger partial charge in [0.1, 0.15) is 0 Å². The van der Waals surface area contributed by atoms with Crippen LogP contribution in [0.4, 0.5) is 0 Å². The molecule has 3 heteroatoms. The molecule has 3 nitrogen and oxygen atoms in total. The van der Waals surface area contributed by atoms with Crippen LogP contribution in [0.25, 0.3) is 0 Å². The van der Waals surface area contributed by atoms with Gasteiger partial charge in [-0.2, -0.15) is 0 Å². The van der Waals surface area contributed by atoms with Crippen LogP contribution in [0.3, 0.4) is 0 Å². The van der Waals surface area contributed by atoms with Gasteiger partial charge in [0.2, 0.25) is 0 Å². The van der Waals surface area contributed by atoms with Crippen LogP contribution in [-0.2, 0) is 4.79 Å². The Balaban J connectivity index is 2.46. The van der Waals surface area contributed by atoms with Crippen LogP contribution in [0.2, 0.25) is 0 Å². The highest BCUT2D eigenvalue weighted by atomic mass is 16.4. The minimum absolute atomic E-state index is 0.0850. The number of fused-ring (bicyclic) bond motifs is 1. The summed E-state index contributed by atoms with van der Waals surface area (Å²) in [7, 11) is 0. The average Bonchev–Trinajstić information content (AvgIpc) is 2.27. The SMILES string of the molecule is CC1=CC[C@@H](C(C)C)[C@@]2(O)C=C(C(=O)O)CC[C@@H]12.